The van der Waals surface area contributed by atoms with E-state index in [-0.39, 0.29) is 12.4 Å². The van der Waals surface area contributed by atoms with Gasteiger partial charge in [0.25, 0.3) is 0 Å². The first kappa shape index (κ1) is 12.0. The molecule has 0 unspecified atom stereocenters. The molecule has 0 saturated carbocycles. The minimum absolute atomic E-state index is 0. The van der Waals surface area contributed by atoms with E-state index in [1.807, 2.05) is 35.7 Å². The van der Waals surface area contributed by atoms with Crippen LogP contribution >= 0.6 is 23.7 Å². The third-order valence-electron chi connectivity index (χ3n) is 2.72. The SMILES string of the molecule is Cl.Oc1ccc2ccccc2c1-c1ccsc1. The van der Waals surface area contributed by atoms with Crippen LogP contribution in [0.1, 0.15) is 0 Å². The van der Waals surface area contributed by atoms with E-state index in [4.69, 9.17) is 0 Å². The Kier molecular flexibility index (Phi) is 3.36. The summed E-state index contributed by atoms with van der Waals surface area (Å²) in [6.45, 7) is 0. The first-order chi connectivity index (χ1) is 7.86. The second-order valence-electron chi connectivity index (χ2n) is 3.69. The van der Waals surface area contributed by atoms with Gasteiger partial charge in [-0.3, -0.25) is 0 Å². The molecular weight excluding hydrogens is 252 g/mol. The van der Waals surface area contributed by atoms with Gasteiger partial charge < -0.3 is 5.11 Å². The van der Waals surface area contributed by atoms with Crippen molar-refractivity contribution in [2.24, 2.45) is 0 Å². The van der Waals surface area contributed by atoms with Crippen molar-refractivity contribution in [3.63, 3.8) is 0 Å². The number of halogens is 1. The standard InChI is InChI=1S/C14H10OS.ClH/c15-13-6-5-10-3-1-2-4-12(10)14(13)11-7-8-16-9-11;/h1-9,15H;1H. The fraction of sp³-hybridized carbons (Fsp3) is 0. The first-order valence-corrected chi connectivity index (χ1v) is 6.04. The normalized spacial score (nSPS) is 10.1. The molecule has 2 aromatic carbocycles. The van der Waals surface area contributed by atoms with Crippen molar-refractivity contribution in [2.75, 3.05) is 0 Å². The van der Waals surface area contributed by atoms with E-state index in [0.29, 0.717) is 5.75 Å². The molecule has 1 heterocycles. The Balaban J connectivity index is 0.00000108. The second kappa shape index (κ2) is 4.78. The largest absolute Gasteiger partial charge is 0.507 e. The van der Waals surface area contributed by atoms with Gasteiger partial charge in [-0.05, 0) is 39.2 Å². The van der Waals surface area contributed by atoms with Crippen LogP contribution in [0.3, 0.4) is 0 Å². The molecule has 0 spiro atoms. The van der Waals surface area contributed by atoms with Gasteiger partial charge in [-0.2, -0.15) is 11.3 Å². The van der Waals surface area contributed by atoms with Crippen LogP contribution in [0.5, 0.6) is 5.75 Å². The summed E-state index contributed by atoms with van der Waals surface area (Å²) in [5, 5.41) is 16.3. The molecule has 3 rings (SSSR count). The van der Waals surface area contributed by atoms with Crippen LogP contribution in [0.15, 0.2) is 53.2 Å². The summed E-state index contributed by atoms with van der Waals surface area (Å²) < 4.78 is 0. The lowest BCUT2D eigenvalue weighted by Crippen LogP contribution is -1.80. The zero-order valence-corrected chi connectivity index (χ0v) is 10.6. The Morgan fingerprint density at radius 3 is 2.53 bits per heavy atom. The van der Waals surface area contributed by atoms with Gasteiger partial charge in [-0.1, -0.05) is 30.3 Å². The molecule has 0 atom stereocenters. The van der Waals surface area contributed by atoms with Crippen LogP contribution in [0, 0.1) is 0 Å². The summed E-state index contributed by atoms with van der Waals surface area (Å²) in [7, 11) is 0. The average molecular weight is 263 g/mol. The van der Waals surface area contributed by atoms with E-state index in [0.717, 1.165) is 21.9 Å². The lowest BCUT2D eigenvalue weighted by atomic mass is 9.99. The van der Waals surface area contributed by atoms with Crippen LogP contribution < -0.4 is 0 Å². The quantitative estimate of drug-likeness (QED) is 0.674. The summed E-state index contributed by atoms with van der Waals surface area (Å²) in [6.07, 6.45) is 0. The Morgan fingerprint density at radius 1 is 0.941 bits per heavy atom. The summed E-state index contributed by atoms with van der Waals surface area (Å²) in [4.78, 5) is 0. The Bertz CT molecular complexity index is 632. The summed E-state index contributed by atoms with van der Waals surface area (Å²) in [6, 6.07) is 13.9. The predicted molar refractivity (Wildman–Crippen MR) is 76.2 cm³/mol. The highest BCUT2D eigenvalue weighted by molar-refractivity contribution is 7.08. The molecule has 0 aliphatic carbocycles. The van der Waals surface area contributed by atoms with E-state index >= 15 is 0 Å². The maximum Gasteiger partial charge on any atom is 0.124 e. The Morgan fingerprint density at radius 2 is 1.76 bits per heavy atom. The molecular formula is C14H11ClOS. The number of phenolic OH excluding ortho intramolecular Hbond substituents is 1. The molecule has 17 heavy (non-hydrogen) atoms. The number of aromatic hydroxyl groups is 1. The van der Waals surface area contributed by atoms with E-state index < -0.39 is 0 Å². The highest BCUT2D eigenvalue weighted by atomic mass is 35.5. The molecule has 1 nitrogen and oxygen atoms in total. The third kappa shape index (κ3) is 2.02. The lowest BCUT2D eigenvalue weighted by molar-refractivity contribution is 0.478. The van der Waals surface area contributed by atoms with Crippen molar-refractivity contribution in [3.8, 4) is 16.9 Å². The topological polar surface area (TPSA) is 20.2 Å². The zero-order valence-electron chi connectivity index (χ0n) is 8.96. The monoisotopic (exact) mass is 262 g/mol. The van der Waals surface area contributed by atoms with E-state index in [9.17, 15) is 5.11 Å². The minimum Gasteiger partial charge on any atom is -0.507 e. The number of benzene rings is 2. The van der Waals surface area contributed by atoms with Crippen molar-refractivity contribution < 1.29 is 5.11 Å². The van der Waals surface area contributed by atoms with Crippen molar-refractivity contribution in [3.05, 3.63) is 53.2 Å². The molecule has 0 aliphatic rings. The highest BCUT2D eigenvalue weighted by Crippen LogP contribution is 2.37. The maximum atomic E-state index is 9.98. The maximum absolute atomic E-state index is 9.98. The van der Waals surface area contributed by atoms with E-state index in [1.165, 1.54) is 0 Å². The van der Waals surface area contributed by atoms with Gasteiger partial charge >= 0.3 is 0 Å². The van der Waals surface area contributed by atoms with Crippen LogP contribution in [0.25, 0.3) is 21.9 Å². The Labute approximate surface area is 110 Å². The third-order valence-corrected chi connectivity index (χ3v) is 3.40. The summed E-state index contributed by atoms with van der Waals surface area (Å²) in [5.74, 6) is 0.345. The molecule has 0 bridgehead atoms. The molecule has 1 N–H and O–H groups in total. The van der Waals surface area contributed by atoms with Crippen molar-refractivity contribution in [1.29, 1.82) is 0 Å². The predicted octanol–water partition coefficient (Wildman–Crippen LogP) is 4.70. The number of rotatable bonds is 1. The molecule has 1 aromatic heterocycles. The van der Waals surface area contributed by atoms with Gasteiger partial charge in [-0.25, -0.2) is 0 Å². The van der Waals surface area contributed by atoms with Crippen molar-refractivity contribution in [2.45, 2.75) is 0 Å². The number of hydrogen-bond donors (Lipinski definition) is 1. The van der Waals surface area contributed by atoms with Crippen LogP contribution in [-0.2, 0) is 0 Å². The molecule has 0 aliphatic heterocycles. The molecule has 3 aromatic rings. The fourth-order valence-corrected chi connectivity index (χ4v) is 2.62. The molecule has 86 valence electrons. The lowest BCUT2D eigenvalue weighted by Gasteiger charge is -2.07. The van der Waals surface area contributed by atoms with Crippen molar-refractivity contribution in [1.82, 2.24) is 0 Å². The summed E-state index contributed by atoms with van der Waals surface area (Å²) in [5.41, 5.74) is 2.01. The number of hydrogen-bond acceptors (Lipinski definition) is 2. The smallest absolute Gasteiger partial charge is 0.124 e. The van der Waals surface area contributed by atoms with Crippen LogP contribution in [-0.4, -0.2) is 5.11 Å². The van der Waals surface area contributed by atoms with Gasteiger partial charge in [-0.15, -0.1) is 12.4 Å². The van der Waals surface area contributed by atoms with Gasteiger partial charge in [0, 0.05) is 5.56 Å². The number of phenols is 1. The van der Waals surface area contributed by atoms with Crippen LogP contribution in [0.4, 0.5) is 0 Å². The number of thiophene rings is 1. The zero-order chi connectivity index (χ0) is 11.0. The molecule has 0 amide bonds. The summed E-state index contributed by atoms with van der Waals surface area (Å²) >= 11 is 1.64. The minimum atomic E-state index is 0. The van der Waals surface area contributed by atoms with E-state index in [2.05, 4.69) is 11.4 Å². The molecule has 0 radical (unpaired) electrons. The van der Waals surface area contributed by atoms with Gasteiger partial charge in [0.2, 0.25) is 0 Å². The molecule has 0 fully saturated rings. The molecule has 3 heteroatoms. The van der Waals surface area contributed by atoms with Gasteiger partial charge in [0.15, 0.2) is 0 Å². The van der Waals surface area contributed by atoms with Gasteiger partial charge in [0.05, 0.1) is 0 Å². The average Bonchev–Trinajstić information content (AvgIpc) is 2.82. The Hall–Kier alpha value is -1.51. The highest BCUT2D eigenvalue weighted by Gasteiger charge is 2.08. The van der Waals surface area contributed by atoms with E-state index in [1.54, 1.807) is 17.4 Å². The number of fused-ring (bicyclic) bond motifs is 1. The van der Waals surface area contributed by atoms with Crippen LogP contribution in [0.2, 0.25) is 0 Å². The van der Waals surface area contributed by atoms with Gasteiger partial charge in [0.1, 0.15) is 5.75 Å². The second-order valence-corrected chi connectivity index (χ2v) is 4.47. The molecule has 0 saturated heterocycles. The first-order valence-electron chi connectivity index (χ1n) is 5.09. The fourth-order valence-electron chi connectivity index (χ4n) is 1.97. The van der Waals surface area contributed by atoms with Crippen molar-refractivity contribution >= 4 is 34.5 Å².